The maximum atomic E-state index is 13.3. The van der Waals surface area contributed by atoms with Crippen LogP contribution < -0.4 is 10.6 Å². The van der Waals surface area contributed by atoms with Crippen molar-refractivity contribution in [2.75, 3.05) is 18.1 Å². The van der Waals surface area contributed by atoms with Crippen molar-refractivity contribution in [3.63, 3.8) is 0 Å². The number of nitrogens with one attached hydrogen (secondary N) is 2. The molecule has 2 amide bonds. The van der Waals surface area contributed by atoms with Gasteiger partial charge in [0.25, 0.3) is 0 Å². The number of ether oxygens (including phenoxy) is 1. The zero-order chi connectivity index (χ0) is 28.6. The van der Waals surface area contributed by atoms with E-state index in [0.717, 1.165) is 34.4 Å². The fourth-order valence-corrected chi connectivity index (χ4v) is 6.23. The first-order chi connectivity index (χ1) is 19.2. The van der Waals surface area contributed by atoms with Crippen LogP contribution in [0, 0.1) is 11.8 Å². The van der Waals surface area contributed by atoms with Gasteiger partial charge < -0.3 is 15.4 Å². The lowest BCUT2D eigenvalue weighted by atomic mass is 9.98. The second-order valence-electron chi connectivity index (χ2n) is 10.9. The lowest BCUT2D eigenvalue weighted by molar-refractivity contribution is -0.129. The Labute approximate surface area is 240 Å². The Morgan fingerprint density at radius 2 is 1.68 bits per heavy atom. The molecule has 1 aliphatic carbocycles. The van der Waals surface area contributed by atoms with Crippen LogP contribution in [0.4, 0.5) is 4.79 Å². The Morgan fingerprint density at radius 1 is 1.02 bits per heavy atom. The van der Waals surface area contributed by atoms with E-state index in [1.54, 1.807) is 23.9 Å². The molecular formula is C32H38N2O5S. The minimum absolute atomic E-state index is 0.0735. The van der Waals surface area contributed by atoms with E-state index in [1.165, 1.54) is 0 Å². The molecule has 1 aliphatic heterocycles. The van der Waals surface area contributed by atoms with Crippen molar-refractivity contribution in [1.82, 2.24) is 10.6 Å². The van der Waals surface area contributed by atoms with Gasteiger partial charge in [0.1, 0.15) is 12.6 Å². The number of fused-ring (bicyclic) bond motifs is 3. The lowest BCUT2D eigenvalue weighted by Gasteiger charge is -2.25. The molecule has 2 aromatic rings. The third-order valence-electron chi connectivity index (χ3n) is 7.40. The van der Waals surface area contributed by atoms with E-state index in [1.807, 2.05) is 45.0 Å². The quantitative estimate of drug-likeness (QED) is 0.497. The van der Waals surface area contributed by atoms with E-state index in [0.29, 0.717) is 12.2 Å². The number of ketones is 2. The second kappa shape index (κ2) is 13.8. The number of hydrogen-bond donors (Lipinski definition) is 2. The summed E-state index contributed by atoms with van der Waals surface area (Å²) in [5, 5.41) is 5.62. The third kappa shape index (κ3) is 7.42. The molecule has 0 saturated carbocycles. The number of alkyl carbamates (subject to hydrolysis) is 1. The summed E-state index contributed by atoms with van der Waals surface area (Å²) >= 11 is 1.55. The molecule has 40 heavy (non-hydrogen) atoms. The van der Waals surface area contributed by atoms with Gasteiger partial charge in [0.05, 0.1) is 6.04 Å². The number of hydrogen-bond acceptors (Lipinski definition) is 6. The first-order valence-corrected chi connectivity index (χ1v) is 15.1. The van der Waals surface area contributed by atoms with E-state index in [4.69, 9.17) is 4.74 Å². The molecule has 0 bridgehead atoms. The molecule has 3 atom stereocenters. The fourth-order valence-electron chi connectivity index (χ4n) is 5.21. The Hall–Kier alpha value is -3.39. The zero-order valence-electron chi connectivity index (χ0n) is 23.4. The smallest absolute Gasteiger partial charge is 0.407 e. The Bertz CT molecular complexity index is 1230. The van der Waals surface area contributed by atoms with E-state index in [2.05, 4.69) is 34.9 Å². The van der Waals surface area contributed by atoms with Crippen molar-refractivity contribution >= 4 is 35.3 Å². The summed E-state index contributed by atoms with van der Waals surface area (Å²) < 4.78 is 5.66. The molecule has 0 aromatic heterocycles. The molecule has 4 rings (SSSR count). The van der Waals surface area contributed by atoms with Crippen molar-refractivity contribution in [2.45, 2.75) is 58.0 Å². The summed E-state index contributed by atoms with van der Waals surface area (Å²) in [6.45, 7) is 5.72. The molecule has 0 spiro atoms. The summed E-state index contributed by atoms with van der Waals surface area (Å²) in [7, 11) is 0. The first-order valence-electron chi connectivity index (χ1n) is 14.0. The van der Waals surface area contributed by atoms with Crippen LogP contribution in [0.1, 0.15) is 57.1 Å². The van der Waals surface area contributed by atoms with Gasteiger partial charge in [0.2, 0.25) is 5.91 Å². The molecule has 0 radical (unpaired) electrons. The average Bonchev–Trinajstić information content (AvgIpc) is 3.25. The highest BCUT2D eigenvalue weighted by Gasteiger charge is 2.32. The third-order valence-corrected chi connectivity index (χ3v) is 8.55. The van der Waals surface area contributed by atoms with Crippen LogP contribution in [-0.2, 0) is 19.1 Å². The zero-order valence-corrected chi connectivity index (χ0v) is 24.2. The number of carbonyl (C=O) groups is 4. The molecule has 212 valence electrons. The normalized spacial score (nSPS) is 21.4. The molecule has 8 heteroatoms. The van der Waals surface area contributed by atoms with Crippen molar-refractivity contribution < 1.29 is 23.9 Å². The summed E-state index contributed by atoms with van der Waals surface area (Å²) in [5.74, 6) is 0.307. The van der Waals surface area contributed by atoms with Gasteiger partial charge >= 0.3 is 6.09 Å². The monoisotopic (exact) mass is 562 g/mol. The Kier molecular flexibility index (Phi) is 10.2. The topological polar surface area (TPSA) is 102 Å². The number of Topliss-reactive ketones (excluding diaryl/α,β-unsaturated/α-hetero) is 1. The van der Waals surface area contributed by atoms with E-state index in [-0.39, 0.29) is 42.3 Å². The first kappa shape index (κ1) is 29.6. The van der Waals surface area contributed by atoms with Gasteiger partial charge in [-0.3, -0.25) is 14.4 Å². The Balaban J connectivity index is 1.38. The van der Waals surface area contributed by atoms with E-state index < -0.39 is 24.1 Å². The molecule has 0 unspecified atom stereocenters. The van der Waals surface area contributed by atoms with Crippen LogP contribution in [0.3, 0.4) is 0 Å². The van der Waals surface area contributed by atoms with Crippen molar-refractivity contribution in [3.8, 4) is 11.1 Å². The van der Waals surface area contributed by atoms with Crippen LogP contribution in [0.15, 0.2) is 60.7 Å². The Morgan fingerprint density at radius 3 is 2.33 bits per heavy atom. The van der Waals surface area contributed by atoms with Crippen molar-refractivity contribution in [2.24, 2.45) is 11.8 Å². The number of carbonyl (C=O) groups excluding carboxylic acids is 4. The standard InChI is InChI=1S/C32H38N2O5S/c1-20(2)30(31(37)33-28-19-40-16-8-9-22(35)15-14-21(3)17-29(28)36)34-32(38)39-18-27-25-12-6-4-10-23(25)24-11-5-7-13-26(24)27/h4-7,10-15,20-21,27-28,30H,8-9,16-19H2,1-3H3,(H,33,37)(H,34,38)/b15-14+/t21-,28-,30-/m0/s1. The van der Waals surface area contributed by atoms with E-state index >= 15 is 0 Å². The van der Waals surface area contributed by atoms with Crippen LogP contribution >= 0.6 is 11.8 Å². The molecule has 2 aliphatic rings. The van der Waals surface area contributed by atoms with Gasteiger partial charge in [-0.15, -0.1) is 0 Å². The molecule has 0 saturated heterocycles. The predicted molar refractivity (Wildman–Crippen MR) is 158 cm³/mol. The van der Waals surface area contributed by atoms with Crippen molar-refractivity contribution in [3.05, 3.63) is 71.8 Å². The largest absolute Gasteiger partial charge is 0.449 e. The maximum absolute atomic E-state index is 13.3. The van der Waals surface area contributed by atoms with Crippen LogP contribution in [0.5, 0.6) is 0 Å². The molecule has 2 aromatic carbocycles. The molecule has 0 fully saturated rings. The minimum Gasteiger partial charge on any atom is -0.449 e. The van der Waals surface area contributed by atoms with Gasteiger partial charge in [0, 0.05) is 24.5 Å². The van der Waals surface area contributed by atoms with Crippen LogP contribution in [0.2, 0.25) is 0 Å². The van der Waals surface area contributed by atoms with Crippen LogP contribution in [0.25, 0.3) is 11.1 Å². The average molecular weight is 563 g/mol. The van der Waals surface area contributed by atoms with Crippen molar-refractivity contribution in [1.29, 1.82) is 0 Å². The molecule has 7 nitrogen and oxygen atoms in total. The second-order valence-corrected chi connectivity index (χ2v) is 12.1. The summed E-state index contributed by atoms with van der Waals surface area (Å²) in [6, 6.07) is 14.7. The molecule has 1 heterocycles. The van der Waals surface area contributed by atoms with Gasteiger partial charge in [-0.1, -0.05) is 75.4 Å². The van der Waals surface area contributed by atoms with Gasteiger partial charge in [-0.25, -0.2) is 4.79 Å². The van der Waals surface area contributed by atoms with E-state index in [9.17, 15) is 19.2 Å². The van der Waals surface area contributed by atoms with Gasteiger partial charge in [-0.05, 0) is 52.3 Å². The summed E-state index contributed by atoms with van der Waals surface area (Å²) in [5.41, 5.74) is 4.51. The predicted octanol–water partition coefficient (Wildman–Crippen LogP) is 5.28. The molecular weight excluding hydrogens is 524 g/mol. The highest BCUT2D eigenvalue weighted by molar-refractivity contribution is 7.99. The van der Waals surface area contributed by atoms with Gasteiger partial charge in [0.15, 0.2) is 11.6 Å². The SMILES string of the molecule is CC(C)[C@H](NC(=O)OCC1c2ccccc2-c2ccccc21)C(=O)N[C@H]1CSCCCC(=O)/C=C/[C@H](C)CC1=O. The number of allylic oxidation sites excluding steroid dienone is 2. The number of thioether (sulfide) groups is 1. The highest BCUT2D eigenvalue weighted by atomic mass is 32.2. The maximum Gasteiger partial charge on any atom is 0.407 e. The number of benzene rings is 2. The summed E-state index contributed by atoms with van der Waals surface area (Å²) in [6.07, 6.45) is 4.07. The highest BCUT2D eigenvalue weighted by Crippen LogP contribution is 2.44. The lowest BCUT2D eigenvalue weighted by Crippen LogP contribution is -2.54. The van der Waals surface area contributed by atoms with Gasteiger partial charge in [-0.2, -0.15) is 11.8 Å². The minimum atomic E-state index is -0.857. The number of amides is 2. The number of rotatable bonds is 6. The van der Waals surface area contributed by atoms with Crippen LogP contribution in [-0.4, -0.2) is 53.8 Å². The molecule has 2 N–H and O–H groups in total. The fraction of sp³-hybridized carbons (Fsp3) is 0.438. The summed E-state index contributed by atoms with van der Waals surface area (Å²) in [4.78, 5) is 51.2.